The number of likely N-dealkylation sites (N-methyl/N-ethyl adjacent to an activating group) is 1. The Kier molecular flexibility index (Phi) is 6.60. The van der Waals surface area contributed by atoms with Gasteiger partial charge in [0.2, 0.25) is 0 Å². The molecule has 6 heteroatoms. The predicted molar refractivity (Wildman–Crippen MR) is 101 cm³/mol. The first-order valence-electron chi connectivity index (χ1n) is 8.22. The lowest BCUT2D eigenvalue weighted by molar-refractivity contribution is -0.133. The summed E-state index contributed by atoms with van der Waals surface area (Å²) >= 11 is 0. The number of carbonyl (C=O) groups is 2. The van der Waals surface area contributed by atoms with Gasteiger partial charge in [0.25, 0.3) is 5.91 Å². The first kappa shape index (κ1) is 19.3. The van der Waals surface area contributed by atoms with Crippen LogP contribution in [0.4, 0.5) is 5.69 Å². The molecule has 6 nitrogen and oxygen atoms in total. The van der Waals surface area contributed by atoms with Gasteiger partial charge in [-0.25, -0.2) is 4.79 Å². The van der Waals surface area contributed by atoms with Crippen molar-refractivity contribution in [2.24, 2.45) is 0 Å². The number of anilines is 1. The Labute approximate surface area is 153 Å². The summed E-state index contributed by atoms with van der Waals surface area (Å²) in [6.07, 6.45) is 0. The van der Waals surface area contributed by atoms with E-state index in [1.165, 1.54) is 4.90 Å². The average Bonchev–Trinajstić information content (AvgIpc) is 2.65. The zero-order valence-corrected chi connectivity index (χ0v) is 15.6. The summed E-state index contributed by atoms with van der Waals surface area (Å²) in [6, 6.07) is 14.5. The van der Waals surface area contributed by atoms with Crippen molar-refractivity contribution >= 4 is 17.6 Å². The number of hydrogen-bond acceptors (Lipinski definition) is 5. The number of esters is 1. The zero-order valence-electron chi connectivity index (χ0n) is 15.6. The molecule has 0 N–H and O–H groups in total. The molecule has 0 heterocycles. The summed E-state index contributed by atoms with van der Waals surface area (Å²) in [5.74, 6) is -0.0551. The highest BCUT2D eigenvalue weighted by molar-refractivity contribution is 5.91. The number of rotatable bonds is 7. The number of nitrogens with zero attached hydrogens (tertiary/aromatic N) is 2. The van der Waals surface area contributed by atoms with Gasteiger partial charge in [-0.3, -0.25) is 4.79 Å². The van der Waals surface area contributed by atoms with E-state index in [0.717, 1.165) is 17.0 Å². The van der Waals surface area contributed by atoms with E-state index in [-0.39, 0.29) is 12.5 Å². The van der Waals surface area contributed by atoms with E-state index >= 15 is 0 Å². The summed E-state index contributed by atoms with van der Waals surface area (Å²) in [4.78, 5) is 27.7. The molecule has 2 aromatic rings. The lowest BCUT2D eigenvalue weighted by atomic mass is 10.2. The second-order valence-electron chi connectivity index (χ2n) is 6.12. The minimum atomic E-state index is -0.515. The van der Waals surface area contributed by atoms with E-state index in [4.69, 9.17) is 9.47 Å². The van der Waals surface area contributed by atoms with Crippen LogP contribution >= 0.6 is 0 Å². The van der Waals surface area contributed by atoms with Crippen LogP contribution in [-0.4, -0.2) is 51.6 Å². The topological polar surface area (TPSA) is 59.1 Å². The van der Waals surface area contributed by atoms with Crippen LogP contribution in [0.3, 0.4) is 0 Å². The molecule has 0 saturated heterocycles. The highest BCUT2D eigenvalue weighted by Gasteiger charge is 2.14. The molecular formula is C20H24N2O4. The molecule has 0 unspecified atom stereocenters. The number of ether oxygens (including phenoxy) is 2. The van der Waals surface area contributed by atoms with E-state index < -0.39 is 5.97 Å². The van der Waals surface area contributed by atoms with Gasteiger partial charge in [0.15, 0.2) is 6.61 Å². The van der Waals surface area contributed by atoms with Crippen molar-refractivity contribution in [1.82, 2.24) is 4.90 Å². The van der Waals surface area contributed by atoms with Crippen molar-refractivity contribution in [1.29, 1.82) is 0 Å². The Balaban J connectivity index is 1.87. The normalized spacial score (nSPS) is 10.2. The Hall–Kier alpha value is -3.02. The Morgan fingerprint density at radius 1 is 1.00 bits per heavy atom. The van der Waals surface area contributed by atoms with E-state index in [9.17, 15) is 9.59 Å². The van der Waals surface area contributed by atoms with Crippen LogP contribution in [0, 0.1) is 0 Å². The standard InChI is InChI=1S/C20H24N2O4/c1-21(2)17-10-8-16(9-11-17)20(24)26-14-19(23)22(3)13-15-6-5-7-18(12-15)25-4/h5-12H,13-14H2,1-4H3. The third-order valence-corrected chi connectivity index (χ3v) is 3.93. The molecular weight excluding hydrogens is 332 g/mol. The third kappa shape index (κ3) is 5.24. The van der Waals surface area contributed by atoms with Crippen molar-refractivity contribution in [2.75, 3.05) is 39.8 Å². The Morgan fingerprint density at radius 2 is 1.69 bits per heavy atom. The molecule has 0 aromatic heterocycles. The van der Waals surface area contributed by atoms with Gasteiger partial charge >= 0.3 is 5.97 Å². The van der Waals surface area contributed by atoms with E-state index in [2.05, 4.69) is 0 Å². The molecule has 0 aliphatic rings. The van der Waals surface area contributed by atoms with Crippen LogP contribution < -0.4 is 9.64 Å². The van der Waals surface area contributed by atoms with Gasteiger partial charge in [0, 0.05) is 33.4 Å². The second kappa shape index (κ2) is 8.89. The number of benzene rings is 2. The number of amides is 1. The van der Waals surface area contributed by atoms with Crippen LogP contribution in [0.5, 0.6) is 5.75 Å². The Bertz CT molecular complexity index is 757. The summed E-state index contributed by atoms with van der Waals surface area (Å²) in [5, 5.41) is 0. The molecule has 0 aliphatic heterocycles. The van der Waals surface area contributed by atoms with E-state index in [1.54, 1.807) is 26.3 Å². The third-order valence-electron chi connectivity index (χ3n) is 3.93. The van der Waals surface area contributed by atoms with Gasteiger partial charge in [-0.2, -0.15) is 0 Å². The van der Waals surface area contributed by atoms with Crippen molar-refractivity contribution in [3.05, 3.63) is 59.7 Å². The maximum Gasteiger partial charge on any atom is 0.338 e. The molecule has 0 radical (unpaired) electrons. The minimum Gasteiger partial charge on any atom is -0.497 e. The summed E-state index contributed by atoms with van der Waals surface area (Å²) < 4.78 is 10.3. The van der Waals surface area contributed by atoms with Gasteiger partial charge in [-0.15, -0.1) is 0 Å². The van der Waals surface area contributed by atoms with Crippen LogP contribution in [0.25, 0.3) is 0 Å². The summed E-state index contributed by atoms with van der Waals surface area (Å²) in [5.41, 5.74) is 2.33. The summed E-state index contributed by atoms with van der Waals surface area (Å²) in [7, 11) is 7.11. The molecule has 0 saturated carbocycles. The summed E-state index contributed by atoms with van der Waals surface area (Å²) in [6.45, 7) is 0.111. The van der Waals surface area contributed by atoms with Crippen molar-refractivity contribution in [2.45, 2.75) is 6.54 Å². The molecule has 1 amide bonds. The van der Waals surface area contributed by atoms with Gasteiger partial charge in [-0.05, 0) is 42.0 Å². The molecule has 138 valence electrons. The van der Waals surface area contributed by atoms with Crippen LogP contribution in [0.15, 0.2) is 48.5 Å². The first-order chi connectivity index (χ1) is 12.4. The average molecular weight is 356 g/mol. The molecule has 0 aliphatic carbocycles. The van der Waals surface area contributed by atoms with Gasteiger partial charge in [-0.1, -0.05) is 12.1 Å². The zero-order chi connectivity index (χ0) is 19.1. The van der Waals surface area contributed by atoms with E-state index in [1.807, 2.05) is 55.4 Å². The lowest BCUT2D eigenvalue weighted by Gasteiger charge is -2.17. The maximum atomic E-state index is 12.2. The fraction of sp³-hybridized carbons (Fsp3) is 0.300. The molecule has 0 atom stereocenters. The fourth-order valence-electron chi connectivity index (χ4n) is 2.35. The van der Waals surface area contributed by atoms with E-state index in [0.29, 0.717) is 12.1 Å². The lowest BCUT2D eigenvalue weighted by Crippen LogP contribution is -2.30. The van der Waals surface area contributed by atoms with Crippen molar-refractivity contribution in [3.63, 3.8) is 0 Å². The predicted octanol–water partition coefficient (Wildman–Crippen LogP) is 2.58. The molecule has 2 aromatic carbocycles. The monoisotopic (exact) mass is 356 g/mol. The second-order valence-corrected chi connectivity index (χ2v) is 6.12. The maximum absolute atomic E-state index is 12.2. The smallest absolute Gasteiger partial charge is 0.338 e. The molecule has 0 spiro atoms. The quantitative estimate of drug-likeness (QED) is 0.714. The molecule has 26 heavy (non-hydrogen) atoms. The van der Waals surface area contributed by atoms with Crippen LogP contribution in [0.1, 0.15) is 15.9 Å². The highest BCUT2D eigenvalue weighted by atomic mass is 16.5. The molecule has 0 bridgehead atoms. The molecule has 2 rings (SSSR count). The number of methoxy groups -OCH3 is 1. The Morgan fingerprint density at radius 3 is 2.31 bits per heavy atom. The largest absolute Gasteiger partial charge is 0.497 e. The van der Waals surface area contributed by atoms with Crippen LogP contribution in [-0.2, 0) is 16.1 Å². The highest BCUT2D eigenvalue weighted by Crippen LogP contribution is 2.15. The SMILES string of the molecule is COc1cccc(CN(C)C(=O)COC(=O)c2ccc(N(C)C)cc2)c1. The van der Waals surface area contributed by atoms with Gasteiger partial charge < -0.3 is 19.3 Å². The van der Waals surface area contributed by atoms with Gasteiger partial charge in [0.05, 0.1) is 12.7 Å². The fourth-order valence-corrected chi connectivity index (χ4v) is 2.35. The molecule has 0 fully saturated rings. The van der Waals surface area contributed by atoms with Crippen molar-refractivity contribution < 1.29 is 19.1 Å². The van der Waals surface area contributed by atoms with Gasteiger partial charge in [0.1, 0.15) is 5.75 Å². The number of hydrogen-bond donors (Lipinski definition) is 0. The van der Waals surface area contributed by atoms with Crippen molar-refractivity contribution in [3.8, 4) is 5.75 Å². The van der Waals surface area contributed by atoms with Crippen LogP contribution in [0.2, 0.25) is 0 Å². The first-order valence-corrected chi connectivity index (χ1v) is 8.22. The minimum absolute atomic E-state index is 0.272. The number of carbonyl (C=O) groups excluding carboxylic acids is 2.